The number of halogens is 1. The van der Waals surface area contributed by atoms with Crippen LogP contribution in [0.15, 0.2) is 34.8 Å². The summed E-state index contributed by atoms with van der Waals surface area (Å²) in [5.74, 6) is 0.663. The number of ether oxygens (including phenoxy) is 1. The van der Waals surface area contributed by atoms with Crippen LogP contribution in [0.1, 0.15) is 50.4 Å². The molecule has 0 bridgehead atoms. The molecule has 3 nitrogen and oxygen atoms in total. The Morgan fingerprint density at radius 2 is 2.14 bits per heavy atom. The summed E-state index contributed by atoms with van der Waals surface area (Å²) in [6.45, 7) is 6.42. The van der Waals surface area contributed by atoms with E-state index < -0.39 is 0 Å². The lowest BCUT2D eigenvalue weighted by Gasteiger charge is -2.10. The van der Waals surface area contributed by atoms with E-state index in [1.165, 1.54) is 5.57 Å². The van der Waals surface area contributed by atoms with Crippen LogP contribution in [0, 0.1) is 0 Å². The highest BCUT2D eigenvalue weighted by Gasteiger charge is 2.08. The Morgan fingerprint density at radius 3 is 2.73 bits per heavy atom. The molecule has 0 N–H and O–H groups in total. The molecule has 0 aliphatic heterocycles. The van der Waals surface area contributed by atoms with Gasteiger partial charge in [0, 0.05) is 24.7 Å². The Bertz CT molecular complexity index is 576. The number of benzene rings is 1. The molecule has 1 rings (SSSR count). The molecule has 0 spiro atoms. The van der Waals surface area contributed by atoms with Crippen molar-refractivity contribution in [2.75, 3.05) is 13.7 Å². The Hall–Kier alpha value is -1.61. The van der Waals surface area contributed by atoms with E-state index >= 15 is 0 Å². The summed E-state index contributed by atoms with van der Waals surface area (Å²) >= 11 is 6.12. The summed E-state index contributed by atoms with van der Waals surface area (Å²) in [5, 5.41) is 0.533. The highest BCUT2D eigenvalue weighted by atomic mass is 35.5. The predicted octanol–water partition coefficient (Wildman–Crippen LogP) is 5.13. The number of hydrogen-bond acceptors (Lipinski definition) is 3. The summed E-state index contributed by atoms with van der Waals surface area (Å²) < 4.78 is 5.73. The largest absolute Gasteiger partial charge is 0.492 e. The number of ketones is 1. The molecule has 0 radical (unpaired) electrons. The summed E-state index contributed by atoms with van der Waals surface area (Å²) in [5.41, 5.74) is 2.92. The zero-order valence-electron chi connectivity index (χ0n) is 13.8. The lowest BCUT2D eigenvalue weighted by molar-refractivity contribution is 0.0987. The van der Waals surface area contributed by atoms with Gasteiger partial charge in [-0.2, -0.15) is 0 Å². The van der Waals surface area contributed by atoms with Crippen LogP contribution in [-0.2, 0) is 0 Å². The average Bonchev–Trinajstić information content (AvgIpc) is 2.55. The predicted molar refractivity (Wildman–Crippen MR) is 93.6 cm³/mol. The van der Waals surface area contributed by atoms with Gasteiger partial charge in [0.25, 0.3) is 0 Å². The second kappa shape index (κ2) is 9.42. The molecule has 0 aromatic heterocycles. The van der Waals surface area contributed by atoms with Gasteiger partial charge in [0.15, 0.2) is 5.78 Å². The van der Waals surface area contributed by atoms with Crippen LogP contribution in [0.3, 0.4) is 0 Å². The van der Waals surface area contributed by atoms with E-state index in [-0.39, 0.29) is 5.78 Å². The Kier molecular flexibility index (Phi) is 7.89. The van der Waals surface area contributed by atoms with Gasteiger partial charge in [0.05, 0.1) is 11.6 Å². The molecule has 4 heteroatoms. The van der Waals surface area contributed by atoms with Gasteiger partial charge in [0.1, 0.15) is 5.75 Å². The quantitative estimate of drug-likeness (QED) is 0.378. The molecule has 0 unspecified atom stereocenters. The number of hydrogen-bond donors (Lipinski definition) is 0. The summed E-state index contributed by atoms with van der Waals surface area (Å²) in [6.07, 6.45) is 4.33. The second-order valence-electron chi connectivity index (χ2n) is 5.00. The third-order valence-electron chi connectivity index (χ3n) is 3.57. The fraction of sp³-hybridized carbons (Fsp3) is 0.444. The SMILES string of the molecule is C/C=C(\CCCOc1cc(C(=O)CC)ccc1Cl)C(C)=NC. The average molecular weight is 322 g/mol. The first-order chi connectivity index (χ1) is 10.5. The van der Waals surface area contributed by atoms with E-state index in [0.717, 1.165) is 18.6 Å². The van der Waals surface area contributed by atoms with Gasteiger partial charge in [0.2, 0.25) is 0 Å². The summed E-state index contributed by atoms with van der Waals surface area (Å²) in [7, 11) is 1.80. The van der Waals surface area contributed by atoms with Crippen LogP contribution in [0.5, 0.6) is 5.75 Å². The Balaban J connectivity index is 2.60. The first-order valence-corrected chi connectivity index (χ1v) is 7.95. The van der Waals surface area contributed by atoms with Gasteiger partial charge in [-0.05, 0) is 50.5 Å². The van der Waals surface area contributed by atoms with Crippen molar-refractivity contribution in [3.63, 3.8) is 0 Å². The van der Waals surface area contributed by atoms with Crippen molar-refractivity contribution in [1.29, 1.82) is 0 Å². The van der Waals surface area contributed by atoms with Crippen molar-refractivity contribution in [2.24, 2.45) is 4.99 Å². The number of carbonyl (C=O) groups excluding carboxylic acids is 1. The molecular weight excluding hydrogens is 298 g/mol. The van der Waals surface area contributed by atoms with Crippen molar-refractivity contribution in [3.05, 3.63) is 40.4 Å². The molecule has 1 aromatic carbocycles. The van der Waals surface area contributed by atoms with Crippen molar-refractivity contribution in [2.45, 2.75) is 40.0 Å². The van der Waals surface area contributed by atoms with Crippen LogP contribution in [-0.4, -0.2) is 25.1 Å². The second-order valence-corrected chi connectivity index (χ2v) is 5.40. The third kappa shape index (κ3) is 5.30. The normalized spacial score (nSPS) is 12.4. The van der Waals surface area contributed by atoms with E-state index in [4.69, 9.17) is 16.3 Å². The third-order valence-corrected chi connectivity index (χ3v) is 3.88. The number of Topliss-reactive ketones (excluding diaryl/α,β-unsaturated/α-hetero) is 1. The molecule has 0 fully saturated rings. The van der Waals surface area contributed by atoms with E-state index in [1.54, 1.807) is 25.2 Å². The van der Waals surface area contributed by atoms with Gasteiger partial charge in [-0.3, -0.25) is 9.79 Å². The zero-order valence-corrected chi connectivity index (χ0v) is 14.5. The smallest absolute Gasteiger partial charge is 0.162 e. The molecule has 0 saturated carbocycles. The van der Waals surface area contributed by atoms with Gasteiger partial charge in [-0.25, -0.2) is 0 Å². The van der Waals surface area contributed by atoms with Gasteiger partial charge >= 0.3 is 0 Å². The summed E-state index contributed by atoms with van der Waals surface area (Å²) in [4.78, 5) is 15.9. The molecule has 0 aliphatic carbocycles. The van der Waals surface area contributed by atoms with Crippen molar-refractivity contribution < 1.29 is 9.53 Å². The molecule has 0 amide bonds. The molecular formula is C18H24ClNO2. The maximum Gasteiger partial charge on any atom is 0.162 e. The van der Waals surface area contributed by atoms with Gasteiger partial charge in [-0.15, -0.1) is 0 Å². The van der Waals surface area contributed by atoms with Crippen molar-refractivity contribution >= 4 is 23.1 Å². The van der Waals surface area contributed by atoms with Crippen LogP contribution < -0.4 is 4.74 Å². The number of allylic oxidation sites excluding steroid dienone is 2. The minimum Gasteiger partial charge on any atom is -0.492 e. The Morgan fingerprint density at radius 1 is 1.41 bits per heavy atom. The number of aliphatic imine (C=N–C) groups is 1. The van der Waals surface area contributed by atoms with E-state index in [0.29, 0.717) is 29.4 Å². The minimum atomic E-state index is 0.0903. The standard InChI is InChI=1S/C18H24ClNO2/c1-5-14(13(3)20-4)8-7-11-22-18-12-15(17(21)6-2)9-10-16(18)19/h5,9-10,12H,6-8,11H2,1-4H3/b14-5+,20-13?. The van der Waals surface area contributed by atoms with Crippen LogP contribution in [0.2, 0.25) is 5.02 Å². The van der Waals surface area contributed by atoms with Crippen LogP contribution >= 0.6 is 11.6 Å². The lowest BCUT2D eigenvalue weighted by Crippen LogP contribution is -2.04. The van der Waals surface area contributed by atoms with Crippen molar-refractivity contribution in [1.82, 2.24) is 0 Å². The minimum absolute atomic E-state index is 0.0903. The molecule has 1 aromatic rings. The molecule has 22 heavy (non-hydrogen) atoms. The maximum absolute atomic E-state index is 11.7. The fourth-order valence-electron chi connectivity index (χ4n) is 2.11. The fourth-order valence-corrected chi connectivity index (χ4v) is 2.29. The lowest BCUT2D eigenvalue weighted by atomic mass is 10.1. The van der Waals surface area contributed by atoms with Crippen LogP contribution in [0.4, 0.5) is 0 Å². The van der Waals surface area contributed by atoms with Crippen LogP contribution in [0.25, 0.3) is 0 Å². The highest BCUT2D eigenvalue weighted by Crippen LogP contribution is 2.26. The first kappa shape index (κ1) is 18.4. The van der Waals surface area contributed by atoms with E-state index in [9.17, 15) is 4.79 Å². The molecule has 0 atom stereocenters. The molecule has 0 heterocycles. The molecule has 0 saturated heterocycles. The number of carbonyl (C=O) groups is 1. The monoisotopic (exact) mass is 321 g/mol. The zero-order chi connectivity index (χ0) is 16.5. The van der Waals surface area contributed by atoms with E-state index in [2.05, 4.69) is 11.1 Å². The van der Waals surface area contributed by atoms with E-state index in [1.807, 2.05) is 20.8 Å². The highest BCUT2D eigenvalue weighted by molar-refractivity contribution is 6.32. The van der Waals surface area contributed by atoms with Crippen molar-refractivity contribution in [3.8, 4) is 5.75 Å². The first-order valence-electron chi connectivity index (χ1n) is 7.57. The Labute approximate surface area is 138 Å². The van der Waals surface area contributed by atoms with Gasteiger partial charge < -0.3 is 4.74 Å². The summed E-state index contributed by atoms with van der Waals surface area (Å²) in [6, 6.07) is 5.18. The maximum atomic E-state index is 11.7. The molecule has 0 aliphatic rings. The number of nitrogens with zero attached hydrogens (tertiary/aromatic N) is 1. The molecule has 120 valence electrons. The van der Waals surface area contributed by atoms with Gasteiger partial charge in [-0.1, -0.05) is 24.6 Å². The number of rotatable bonds is 8. The topological polar surface area (TPSA) is 38.7 Å².